The van der Waals surface area contributed by atoms with Crippen LogP contribution < -0.4 is 29.6 Å². The minimum Gasteiger partial charge on any atom is -0.746 e. The Hall–Kier alpha value is 0.870. The molecule has 26 heavy (non-hydrogen) atoms. The van der Waals surface area contributed by atoms with Crippen LogP contribution in [0.25, 0.3) is 0 Å². The Bertz CT molecular complexity index is 401. The first kappa shape index (κ1) is 29.1. The van der Waals surface area contributed by atoms with E-state index in [9.17, 15) is 18.1 Å². The van der Waals surface area contributed by atoms with Crippen molar-refractivity contribution in [1.82, 2.24) is 0 Å². The fourth-order valence-corrected chi connectivity index (χ4v) is 4.06. The van der Waals surface area contributed by atoms with Crippen molar-refractivity contribution >= 4 is 10.1 Å². The van der Waals surface area contributed by atoms with Gasteiger partial charge in [-0.2, -0.15) is 0 Å². The first-order valence-electron chi connectivity index (χ1n) is 10.5. The van der Waals surface area contributed by atoms with Crippen LogP contribution in [0.15, 0.2) is 0 Å². The Morgan fingerprint density at radius 2 is 0.923 bits per heavy atom. The van der Waals surface area contributed by atoms with Crippen molar-refractivity contribution in [2.24, 2.45) is 0 Å². The van der Waals surface area contributed by atoms with Gasteiger partial charge in [0.1, 0.15) is 10.1 Å². The Balaban J connectivity index is 0. The summed E-state index contributed by atoms with van der Waals surface area (Å²) in [6.45, 7) is 4.35. The molecule has 0 aromatic carbocycles. The summed E-state index contributed by atoms with van der Waals surface area (Å²) in [5.74, 6) is 0. The normalized spacial score (nSPS) is 14.0. The number of hydrogen-bond acceptors (Lipinski definition) is 4. The molecule has 4 nitrogen and oxygen atoms in total. The summed E-state index contributed by atoms with van der Waals surface area (Å²) in [7, 11) is -4.66. The quantitative estimate of drug-likeness (QED) is 0.218. The van der Waals surface area contributed by atoms with Crippen LogP contribution in [-0.4, -0.2) is 23.0 Å². The van der Waals surface area contributed by atoms with Gasteiger partial charge in [-0.3, -0.25) is 0 Å². The summed E-state index contributed by atoms with van der Waals surface area (Å²) in [5, 5.41) is 10.3. The van der Waals surface area contributed by atoms with Gasteiger partial charge < -0.3 is 9.66 Å². The van der Waals surface area contributed by atoms with E-state index in [0.29, 0.717) is 12.8 Å². The second-order valence-electron chi connectivity index (χ2n) is 7.50. The average Bonchev–Trinajstić information content (AvgIpc) is 2.55. The smallest absolute Gasteiger partial charge is 0.746 e. The van der Waals surface area contributed by atoms with Crippen molar-refractivity contribution in [3.8, 4) is 0 Å². The Morgan fingerprint density at radius 3 is 1.19 bits per heavy atom. The molecule has 152 valence electrons. The topological polar surface area (TPSA) is 77.4 Å². The molecule has 1 atom stereocenters. The summed E-state index contributed by atoms with van der Waals surface area (Å²) in [6, 6.07) is 0. The van der Waals surface area contributed by atoms with Crippen LogP contribution in [0.4, 0.5) is 0 Å². The van der Waals surface area contributed by atoms with E-state index < -0.39 is 15.1 Å². The molecule has 0 spiro atoms. The molecule has 0 rings (SSSR count). The van der Waals surface area contributed by atoms with Crippen molar-refractivity contribution < 1.29 is 47.6 Å². The van der Waals surface area contributed by atoms with E-state index in [4.69, 9.17) is 0 Å². The fraction of sp³-hybridized carbons (Fsp3) is 1.00. The van der Waals surface area contributed by atoms with Gasteiger partial charge in [-0.25, -0.2) is 8.42 Å². The van der Waals surface area contributed by atoms with Gasteiger partial charge in [0, 0.05) is 0 Å². The van der Waals surface area contributed by atoms with Crippen LogP contribution in [-0.2, 0) is 10.1 Å². The summed E-state index contributed by atoms with van der Waals surface area (Å²) in [5.41, 5.74) is 0. The maximum Gasteiger partial charge on any atom is 1.00 e. The van der Waals surface area contributed by atoms with E-state index in [-0.39, 0.29) is 42.4 Å². The monoisotopic (exact) mass is 400 g/mol. The van der Waals surface area contributed by atoms with Crippen LogP contribution in [0.1, 0.15) is 123 Å². The molecular formula is C20H41NaO4S. The summed E-state index contributed by atoms with van der Waals surface area (Å²) < 4.78 is 34.4. The molecule has 0 radical (unpaired) electrons. The molecule has 0 bridgehead atoms. The first-order chi connectivity index (χ1) is 11.9. The maximum absolute atomic E-state index is 11.5. The number of hydrogen-bond donors (Lipinski definition) is 1. The average molecular weight is 401 g/mol. The van der Waals surface area contributed by atoms with E-state index in [0.717, 1.165) is 44.9 Å². The van der Waals surface area contributed by atoms with Crippen molar-refractivity contribution in [3.05, 3.63) is 0 Å². The van der Waals surface area contributed by atoms with Crippen LogP contribution in [0.5, 0.6) is 0 Å². The second-order valence-corrected chi connectivity index (χ2v) is 9.16. The van der Waals surface area contributed by atoms with Crippen molar-refractivity contribution in [3.63, 3.8) is 0 Å². The van der Waals surface area contributed by atoms with Gasteiger partial charge in [0.15, 0.2) is 4.93 Å². The number of rotatable bonds is 18. The zero-order valence-electron chi connectivity index (χ0n) is 17.6. The van der Waals surface area contributed by atoms with Crippen molar-refractivity contribution in [1.29, 1.82) is 0 Å². The largest absolute Gasteiger partial charge is 1.00 e. The second kappa shape index (κ2) is 17.9. The molecule has 0 heterocycles. The molecule has 0 amide bonds. The van der Waals surface area contributed by atoms with Crippen LogP contribution in [0, 0.1) is 0 Å². The molecule has 0 aliphatic rings. The summed E-state index contributed by atoms with van der Waals surface area (Å²) in [6.07, 6.45) is 16.2. The van der Waals surface area contributed by atoms with Gasteiger partial charge in [-0.1, -0.05) is 97.3 Å². The molecule has 0 aromatic heterocycles. The van der Waals surface area contributed by atoms with E-state index in [1.807, 2.05) is 0 Å². The molecule has 0 saturated carbocycles. The SMILES string of the molecule is CCCCCCCCCCCC(O)(CCCCCCCC)S(=O)(=O)[O-].[Na+]. The third-order valence-electron chi connectivity index (χ3n) is 5.06. The molecule has 0 aromatic rings. The molecule has 0 aliphatic heterocycles. The third kappa shape index (κ3) is 14.9. The zero-order chi connectivity index (χ0) is 19.0. The van der Waals surface area contributed by atoms with E-state index in [2.05, 4.69) is 13.8 Å². The van der Waals surface area contributed by atoms with Crippen molar-refractivity contribution in [2.45, 2.75) is 128 Å². The van der Waals surface area contributed by atoms with E-state index in [1.165, 1.54) is 38.5 Å². The van der Waals surface area contributed by atoms with Crippen LogP contribution in [0.2, 0.25) is 0 Å². The Labute approximate surface area is 185 Å². The molecule has 0 saturated heterocycles. The molecular weight excluding hydrogens is 359 g/mol. The minimum absolute atomic E-state index is 0. The summed E-state index contributed by atoms with van der Waals surface area (Å²) in [4.78, 5) is -2.06. The van der Waals surface area contributed by atoms with Gasteiger partial charge in [0.25, 0.3) is 0 Å². The first-order valence-corrected chi connectivity index (χ1v) is 12.0. The molecule has 1 unspecified atom stereocenters. The Kier molecular flexibility index (Phi) is 20.1. The van der Waals surface area contributed by atoms with Crippen LogP contribution >= 0.6 is 0 Å². The fourth-order valence-electron chi connectivity index (χ4n) is 3.27. The zero-order valence-corrected chi connectivity index (χ0v) is 20.4. The molecule has 0 aliphatic carbocycles. The van der Waals surface area contributed by atoms with Gasteiger partial charge in [0.05, 0.1) is 0 Å². The van der Waals surface area contributed by atoms with E-state index >= 15 is 0 Å². The predicted octanol–water partition coefficient (Wildman–Crippen LogP) is 2.90. The maximum atomic E-state index is 11.5. The Morgan fingerprint density at radius 1 is 0.654 bits per heavy atom. The van der Waals surface area contributed by atoms with Crippen molar-refractivity contribution in [2.75, 3.05) is 0 Å². The molecule has 1 N–H and O–H groups in total. The van der Waals surface area contributed by atoms with Gasteiger partial charge in [-0.15, -0.1) is 0 Å². The molecule has 0 fully saturated rings. The van der Waals surface area contributed by atoms with E-state index in [1.54, 1.807) is 0 Å². The third-order valence-corrected chi connectivity index (χ3v) is 6.40. The molecule has 6 heteroatoms. The van der Waals surface area contributed by atoms with Crippen LogP contribution in [0.3, 0.4) is 0 Å². The predicted molar refractivity (Wildman–Crippen MR) is 104 cm³/mol. The minimum atomic E-state index is -4.66. The van der Waals surface area contributed by atoms with Gasteiger partial charge in [0.2, 0.25) is 0 Å². The van der Waals surface area contributed by atoms with Gasteiger partial charge in [-0.05, 0) is 25.7 Å². The number of unbranched alkanes of at least 4 members (excludes halogenated alkanes) is 13. The van der Waals surface area contributed by atoms with Gasteiger partial charge >= 0.3 is 29.6 Å². The standard InChI is InChI=1S/C20H42O4S.Na/c1-3-5-7-9-11-12-13-15-17-19-20(21,25(22,23)24)18-16-14-10-8-6-4-2;/h21H,3-19H2,1-2H3,(H,22,23,24);/q;+1/p-1. The number of aliphatic hydroxyl groups is 1. The summed E-state index contributed by atoms with van der Waals surface area (Å²) >= 11 is 0.